The van der Waals surface area contributed by atoms with Crippen molar-refractivity contribution in [1.29, 1.82) is 0 Å². The molecule has 0 radical (unpaired) electrons. The first kappa shape index (κ1) is 30.6. The van der Waals surface area contributed by atoms with Gasteiger partial charge < -0.3 is 10.2 Å². The Labute approximate surface area is 227 Å². The Bertz CT molecular complexity index is 1520. The summed E-state index contributed by atoms with van der Waals surface area (Å²) < 4.78 is 149. The van der Waals surface area contributed by atoms with Crippen LogP contribution in [0.15, 0.2) is 35.5 Å². The Kier molecular flexibility index (Phi) is 7.60. The Hall–Kier alpha value is -3.34. The van der Waals surface area contributed by atoms with E-state index >= 15 is 0 Å². The number of halogens is 9. The molecular weight excluding hydrogens is 597 g/mol. The van der Waals surface area contributed by atoms with Crippen LogP contribution in [0.5, 0.6) is 0 Å². The first-order chi connectivity index (χ1) is 18.7. The lowest BCUT2D eigenvalue weighted by atomic mass is 9.84. The van der Waals surface area contributed by atoms with Crippen molar-refractivity contribution in [2.24, 2.45) is 5.16 Å². The third-order valence-electron chi connectivity index (χ3n) is 6.74. The summed E-state index contributed by atoms with van der Waals surface area (Å²) in [4.78, 5) is 17.2. The van der Waals surface area contributed by atoms with Gasteiger partial charge in [-0.3, -0.25) is 4.79 Å². The number of oxime groups is 1. The summed E-state index contributed by atoms with van der Waals surface area (Å²) in [6.07, 6.45) is -15.2. The highest BCUT2D eigenvalue weighted by Gasteiger charge is 2.64. The van der Waals surface area contributed by atoms with Gasteiger partial charge in [-0.25, -0.2) is 21.6 Å². The van der Waals surface area contributed by atoms with E-state index in [0.29, 0.717) is 0 Å². The van der Waals surface area contributed by atoms with Crippen LogP contribution >= 0.6 is 0 Å². The summed E-state index contributed by atoms with van der Waals surface area (Å²) in [7, 11) is -3.42. The SMILES string of the molecule is Cc1cc(C2=NO[C@@](c3cc(C(F)(F)F)cc(C(F)F)c3F)(C(F)(F)F)C2)ccc1C(=O)NC1CN(S(C)(=O)=O)C1. The van der Waals surface area contributed by atoms with Crippen molar-refractivity contribution in [3.63, 3.8) is 0 Å². The highest BCUT2D eigenvalue weighted by Crippen LogP contribution is 2.51. The quantitative estimate of drug-likeness (QED) is 0.460. The number of rotatable bonds is 6. The minimum absolute atomic E-state index is 0.0503. The van der Waals surface area contributed by atoms with Crippen LogP contribution in [0.4, 0.5) is 39.5 Å². The number of nitrogens with zero attached hydrogens (tertiary/aromatic N) is 2. The van der Waals surface area contributed by atoms with Gasteiger partial charge in [0.25, 0.3) is 17.9 Å². The number of amides is 1. The molecule has 0 spiro atoms. The number of nitrogens with one attached hydrogen (secondary N) is 1. The second-order valence-corrected chi connectivity index (χ2v) is 11.6. The number of carbonyl (C=O) groups is 1. The van der Waals surface area contributed by atoms with Gasteiger partial charge in [0, 0.05) is 24.2 Å². The number of hydrogen-bond acceptors (Lipinski definition) is 5. The van der Waals surface area contributed by atoms with Gasteiger partial charge >= 0.3 is 12.4 Å². The largest absolute Gasteiger partial charge is 0.435 e. The van der Waals surface area contributed by atoms with Crippen molar-refractivity contribution >= 4 is 21.6 Å². The maximum atomic E-state index is 14.9. The summed E-state index contributed by atoms with van der Waals surface area (Å²) in [5.74, 6) is -2.82. The lowest BCUT2D eigenvalue weighted by molar-refractivity contribution is -0.277. The van der Waals surface area contributed by atoms with Gasteiger partial charge in [0.15, 0.2) is 0 Å². The van der Waals surface area contributed by atoms with Crippen LogP contribution in [-0.4, -0.2) is 55.9 Å². The number of aryl methyl sites for hydroxylation is 1. The van der Waals surface area contributed by atoms with Crippen LogP contribution in [0.3, 0.4) is 0 Å². The van der Waals surface area contributed by atoms with E-state index < -0.39 is 81.0 Å². The summed E-state index contributed by atoms with van der Waals surface area (Å²) in [5.41, 5.74) is -9.69. The van der Waals surface area contributed by atoms with Crippen molar-refractivity contribution < 1.29 is 57.6 Å². The molecule has 0 saturated carbocycles. The average Bonchev–Trinajstić information content (AvgIpc) is 3.26. The average molecular weight is 617 g/mol. The molecule has 4 rings (SSSR count). The summed E-state index contributed by atoms with van der Waals surface area (Å²) in [5, 5.41) is 5.94. The van der Waals surface area contributed by atoms with Crippen molar-refractivity contribution in [3.8, 4) is 0 Å². The lowest BCUT2D eigenvalue weighted by Crippen LogP contribution is -2.60. The highest BCUT2D eigenvalue weighted by atomic mass is 32.2. The second kappa shape index (κ2) is 10.2. The van der Waals surface area contributed by atoms with Crippen LogP contribution in [0.2, 0.25) is 0 Å². The molecule has 1 fully saturated rings. The molecule has 2 aliphatic heterocycles. The minimum Gasteiger partial charge on any atom is -0.374 e. The second-order valence-electron chi connectivity index (χ2n) is 9.64. The van der Waals surface area contributed by atoms with Gasteiger partial charge in [0.05, 0.1) is 35.6 Å². The number of carbonyl (C=O) groups excluding carboxylic acids is 1. The maximum absolute atomic E-state index is 14.9. The normalized spacial score (nSPS) is 20.5. The first-order valence-corrected chi connectivity index (χ1v) is 13.5. The van der Waals surface area contributed by atoms with E-state index in [1.54, 1.807) is 0 Å². The van der Waals surface area contributed by atoms with Gasteiger partial charge in [0.2, 0.25) is 10.0 Å². The predicted molar refractivity (Wildman–Crippen MR) is 125 cm³/mol. The van der Waals surface area contributed by atoms with Gasteiger partial charge in [-0.15, -0.1) is 0 Å². The fourth-order valence-electron chi connectivity index (χ4n) is 4.46. The molecule has 0 unspecified atom stereocenters. The molecule has 0 bridgehead atoms. The van der Waals surface area contributed by atoms with Gasteiger partial charge in [-0.05, 0) is 42.3 Å². The Morgan fingerprint density at radius 3 is 2.27 bits per heavy atom. The molecule has 0 aromatic heterocycles. The third-order valence-corrected chi connectivity index (χ3v) is 7.98. The Morgan fingerprint density at radius 1 is 1.12 bits per heavy atom. The molecule has 7 nitrogen and oxygen atoms in total. The summed E-state index contributed by atoms with van der Waals surface area (Å²) >= 11 is 0. The Morgan fingerprint density at radius 2 is 1.76 bits per heavy atom. The fraction of sp³-hybridized carbons (Fsp3) is 0.417. The fourth-order valence-corrected chi connectivity index (χ4v) is 5.36. The minimum atomic E-state index is -5.60. The number of sulfonamides is 1. The number of benzene rings is 2. The molecule has 17 heteroatoms. The van der Waals surface area contributed by atoms with Gasteiger partial charge in [-0.1, -0.05) is 11.2 Å². The van der Waals surface area contributed by atoms with Crippen LogP contribution in [0.1, 0.15) is 51.0 Å². The monoisotopic (exact) mass is 617 g/mol. The topological polar surface area (TPSA) is 88.1 Å². The molecular formula is C24H20F9N3O4S. The van der Waals surface area contributed by atoms with Gasteiger partial charge in [-0.2, -0.15) is 30.6 Å². The van der Waals surface area contributed by atoms with Gasteiger partial charge in [0.1, 0.15) is 5.82 Å². The van der Waals surface area contributed by atoms with E-state index in [1.807, 2.05) is 0 Å². The summed E-state index contributed by atoms with van der Waals surface area (Å²) in [6.45, 7) is 1.53. The molecule has 1 atom stereocenters. The molecule has 1 N–H and O–H groups in total. The van der Waals surface area contributed by atoms with Crippen LogP contribution in [0, 0.1) is 12.7 Å². The van der Waals surface area contributed by atoms with E-state index in [4.69, 9.17) is 0 Å². The Balaban J connectivity index is 1.63. The third kappa shape index (κ3) is 5.73. The molecule has 41 heavy (non-hydrogen) atoms. The molecule has 1 saturated heterocycles. The van der Waals surface area contributed by atoms with Crippen molar-refractivity contribution in [2.45, 2.75) is 43.8 Å². The van der Waals surface area contributed by atoms with Crippen LogP contribution in [-0.2, 0) is 26.6 Å². The zero-order valence-electron chi connectivity index (χ0n) is 21.0. The highest BCUT2D eigenvalue weighted by molar-refractivity contribution is 7.88. The molecule has 2 aromatic rings. The van der Waals surface area contributed by atoms with E-state index in [1.165, 1.54) is 25.1 Å². The zero-order chi connectivity index (χ0) is 30.7. The molecule has 2 aliphatic rings. The van der Waals surface area contributed by atoms with Crippen LogP contribution < -0.4 is 5.32 Å². The smallest absolute Gasteiger partial charge is 0.374 e. The van der Waals surface area contributed by atoms with E-state index in [-0.39, 0.29) is 41.9 Å². The van der Waals surface area contributed by atoms with Crippen molar-refractivity contribution in [1.82, 2.24) is 9.62 Å². The van der Waals surface area contributed by atoms with E-state index in [0.717, 1.165) is 10.6 Å². The predicted octanol–water partition coefficient (Wildman–Crippen LogP) is 5.05. The first-order valence-electron chi connectivity index (χ1n) is 11.6. The molecule has 2 heterocycles. The van der Waals surface area contributed by atoms with Crippen molar-refractivity contribution in [2.75, 3.05) is 19.3 Å². The zero-order valence-corrected chi connectivity index (χ0v) is 21.8. The summed E-state index contributed by atoms with van der Waals surface area (Å²) in [6, 6.07) is 2.67. The number of hydrogen-bond donors (Lipinski definition) is 1. The number of alkyl halides is 8. The lowest BCUT2D eigenvalue weighted by Gasteiger charge is -2.37. The molecule has 1 amide bonds. The van der Waals surface area contributed by atoms with Crippen molar-refractivity contribution in [3.05, 3.63) is 69.5 Å². The van der Waals surface area contributed by atoms with E-state index in [9.17, 15) is 52.7 Å². The molecule has 2 aromatic carbocycles. The molecule has 224 valence electrons. The van der Waals surface area contributed by atoms with E-state index in [2.05, 4.69) is 15.3 Å². The van der Waals surface area contributed by atoms with Crippen LogP contribution in [0.25, 0.3) is 0 Å². The maximum Gasteiger partial charge on any atom is 0.435 e. The standard InChI is InChI=1S/C24H20F9N3O4S/c1-11-5-12(3-4-15(11)21(37)34-14-9-36(10-14)41(2,38)39)18-8-22(40-35-18,24(31,32)33)17-7-13(23(28,29)30)6-16(19(17)25)20(26)27/h3-7,14,20H,8-10H2,1-2H3,(H,34,37)/t22-/m0/s1. The molecule has 0 aliphatic carbocycles.